The summed E-state index contributed by atoms with van der Waals surface area (Å²) in [6, 6.07) is 7.75. The minimum Gasteiger partial charge on any atom is -0.373 e. The van der Waals surface area contributed by atoms with Crippen molar-refractivity contribution < 1.29 is 9.00 Å². The van der Waals surface area contributed by atoms with Crippen LogP contribution in [0.5, 0.6) is 0 Å². The summed E-state index contributed by atoms with van der Waals surface area (Å²) in [7, 11) is -0.820. The van der Waals surface area contributed by atoms with Crippen LogP contribution in [-0.2, 0) is 22.0 Å². The van der Waals surface area contributed by atoms with Crippen LogP contribution in [0, 0.1) is 0 Å². The van der Waals surface area contributed by atoms with Gasteiger partial charge in [0.15, 0.2) is 0 Å². The summed E-state index contributed by atoms with van der Waals surface area (Å²) in [6.45, 7) is 2.36. The van der Waals surface area contributed by atoms with E-state index in [9.17, 15) is 9.00 Å². The molecule has 4 nitrogen and oxygen atoms in total. The first-order chi connectivity index (χ1) is 8.70. The Balaban J connectivity index is 1.81. The van der Waals surface area contributed by atoms with Gasteiger partial charge in [-0.3, -0.25) is 9.00 Å². The standard InChI is InChI=1S/C13H18N2O2S/c1-2-18(17)8-7-14-13(16)12-9-10-5-3-4-6-11(10)15-12/h3-6,12,15H,2,7-9H2,1H3,(H,14,16)/t12-,18?/m0/s1. The van der Waals surface area contributed by atoms with Crippen molar-refractivity contribution in [3.63, 3.8) is 0 Å². The molecule has 1 aliphatic rings. The summed E-state index contributed by atoms with van der Waals surface area (Å²) in [6.07, 6.45) is 0.721. The molecule has 0 radical (unpaired) electrons. The second kappa shape index (κ2) is 6.00. The molecule has 0 aliphatic carbocycles. The quantitative estimate of drug-likeness (QED) is 0.833. The lowest BCUT2D eigenvalue weighted by Gasteiger charge is -2.11. The molecule has 0 spiro atoms. The lowest BCUT2D eigenvalue weighted by molar-refractivity contribution is -0.121. The normalized spacial score (nSPS) is 18.8. The van der Waals surface area contributed by atoms with E-state index < -0.39 is 10.8 Å². The Bertz CT molecular complexity index is 437. The van der Waals surface area contributed by atoms with Crippen molar-refractivity contribution in [3.8, 4) is 0 Å². The molecule has 1 aliphatic heterocycles. The fourth-order valence-electron chi connectivity index (χ4n) is 2.01. The molecule has 98 valence electrons. The van der Waals surface area contributed by atoms with Gasteiger partial charge in [-0.05, 0) is 11.6 Å². The van der Waals surface area contributed by atoms with Gasteiger partial charge in [-0.15, -0.1) is 0 Å². The molecule has 1 aromatic carbocycles. The van der Waals surface area contributed by atoms with E-state index >= 15 is 0 Å². The molecule has 2 rings (SSSR count). The zero-order chi connectivity index (χ0) is 13.0. The first-order valence-electron chi connectivity index (χ1n) is 6.18. The van der Waals surface area contributed by atoms with Gasteiger partial charge in [-0.1, -0.05) is 25.1 Å². The SMILES string of the molecule is CCS(=O)CCNC(=O)[C@@H]1Cc2ccccc2N1. The summed E-state index contributed by atoms with van der Waals surface area (Å²) in [4.78, 5) is 11.9. The van der Waals surface area contributed by atoms with Crippen LogP contribution < -0.4 is 10.6 Å². The molecule has 0 fully saturated rings. The summed E-state index contributed by atoms with van der Waals surface area (Å²) in [5.41, 5.74) is 2.21. The van der Waals surface area contributed by atoms with Gasteiger partial charge in [0.1, 0.15) is 6.04 Å². The fraction of sp³-hybridized carbons (Fsp3) is 0.462. The largest absolute Gasteiger partial charge is 0.373 e. The smallest absolute Gasteiger partial charge is 0.242 e. The summed E-state index contributed by atoms with van der Waals surface area (Å²) in [5, 5.41) is 6.03. The van der Waals surface area contributed by atoms with Crippen molar-refractivity contribution in [3.05, 3.63) is 29.8 Å². The molecule has 2 atom stereocenters. The highest BCUT2D eigenvalue weighted by Gasteiger charge is 2.25. The van der Waals surface area contributed by atoms with Gasteiger partial charge < -0.3 is 10.6 Å². The highest BCUT2D eigenvalue weighted by atomic mass is 32.2. The predicted molar refractivity (Wildman–Crippen MR) is 74.1 cm³/mol. The second-order valence-corrected chi connectivity index (χ2v) is 6.15. The third-order valence-corrected chi connectivity index (χ3v) is 4.34. The molecule has 2 N–H and O–H groups in total. The minimum atomic E-state index is -0.820. The number of amides is 1. The molecule has 1 amide bonds. The highest BCUT2D eigenvalue weighted by molar-refractivity contribution is 7.84. The van der Waals surface area contributed by atoms with Gasteiger partial charge in [-0.2, -0.15) is 0 Å². The number of anilines is 1. The summed E-state index contributed by atoms with van der Waals surface area (Å²) in [5.74, 6) is 1.16. The van der Waals surface area contributed by atoms with E-state index in [0.29, 0.717) is 18.1 Å². The molecule has 0 bridgehead atoms. The maximum absolute atomic E-state index is 11.9. The summed E-state index contributed by atoms with van der Waals surface area (Å²) >= 11 is 0. The molecule has 5 heteroatoms. The van der Waals surface area contributed by atoms with Gasteiger partial charge >= 0.3 is 0 Å². The number of hydrogen-bond donors (Lipinski definition) is 2. The Morgan fingerprint density at radius 1 is 1.50 bits per heavy atom. The first kappa shape index (κ1) is 13.1. The van der Waals surface area contributed by atoms with Gasteiger partial charge in [0.2, 0.25) is 5.91 Å². The average Bonchev–Trinajstić information content (AvgIpc) is 2.82. The lowest BCUT2D eigenvalue weighted by atomic mass is 10.1. The molecule has 0 aromatic heterocycles. The number of benzene rings is 1. The van der Waals surface area contributed by atoms with E-state index in [-0.39, 0.29) is 11.9 Å². The zero-order valence-electron chi connectivity index (χ0n) is 10.4. The number of fused-ring (bicyclic) bond motifs is 1. The van der Waals surface area contributed by atoms with E-state index in [2.05, 4.69) is 10.6 Å². The van der Waals surface area contributed by atoms with Crippen LogP contribution in [0.15, 0.2) is 24.3 Å². The molecule has 1 heterocycles. The van der Waals surface area contributed by atoms with Crippen LogP contribution in [0.3, 0.4) is 0 Å². The summed E-state index contributed by atoms with van der Waals surface area (Å²) < 4.78 is 11.2. The van der Waals surface area contributed by atoms with E-state index in [4.69, 9.17) is 0 Å². The number of para-hydroxylation sites is 1. The number of carbonyl (C=O) groups is 1. The molecular weight excluding hydrogens is 248 g/mol. The molecule has 1 unspecified atom stereocenters. The van der Waals surface area contributed by atoms with Crippen molar-refractivity contribution in [2.45, 2.75) is 19.4 Å². The topological polar surface area (TPSA) is 58.2 Å². The second-order valence-electron chi connectivity index (χ2n) is 4.28. The van der Waals surface area contributed by atoms with Crippen LogP contribution in [0.2, 0.25) is 0 Å². The third kappa shape index (κ3) is 3.10. The van der Waals surface area contributed by atoms with Gasteiger partial charge in [0.05, 0.1) is 0 Å². The highest BCUT2D eigenvalue weighted by Crippen LogP contribution is 2.24. The van der Waals surface area contributed by atoms with Crippen molar-refractivity contribution >= 4 is 22.4 Å². The van der Waals surface area contributed by atoms with Gasteiger partial charge in [-0.25, -0.2) is 0 Å². The Hall–Kier alpha value is -1.36. The maximum atomic E-state index is 11.9. The zero-order valence-corrected chi connectivity index (χ0v) is 11.3. The molecule has 18 heavy (non-hydrogen) atoms. The lowest BCUT2D eigenvalue weighted by Crippen LogP contribution is -2.40. The van der Waals surface area contributed by atoms with Crippen LogP contribution in [0.1, 0.15) is 12.5 Å². The first-order valence-corrected chi connectivity index (χ1v) is 7.66. The van der Waals surface area contributed by atoms with Crippen molar-refractivity contribution in [2.24, 2.45) is 0 Å². The maximum Gasteiger partial charge on any atom is 0.242 e. The molecule has 1 aromatic rings. The van der Waals surface area contributed by atoms with Crippen molar-refractivity contribution in [1.29, 1.82) is 0 Å². The van der Waals surface area contributed by atoms with E-state index in [1.807, 2.05) is 31.2 Å². The third-order valence-electron chi connectivity index (χ3n) is 3.04. The van der Waals surface area contributed by atoms with Crippen LogP contribution in [0.4, 0.5) is 5.69 Å². The van der Waals surface area contributed by atoms with Crippen LogP contribution >= 0.6 is 0 Å². The number of rotatable bonds is 5. The fourth-order valence-corrected chi connectivity index (χ4v) is 2.63. The molecule has 0 saturated carbocycles. The van der Waals surface area contributed by atoms with E-state index in [1.165, 1.54) is 5.56 Å². The number of hydrogen-bond acceptors (Lipinski definition) is 3. The predicted octanol–water partition coefficient (Wildman–Crippen LogP) is 0.908. The monoisotopic (exact) mass is 266 g/mol. The minimum absolute atomic E-state index is 0.0145. The van der Waals surface area contributed by atoms with E-state index in [0.717, 1.165) is 12.1 Å². The van der Waals surface area contributed by atoms with Crippen molar-refractivity contribution in [2.75, 3.05) is 23.4 Å². The average molecular weight is 266 g/mol. The Labute approximate surface area is 110 Å². The Morgan fingerprint density at radius 2 is 2.28 bits per heavy atom. The Morgan fingerprint density at radius 3 is 3.00 bits per heavy atom. The van der Waals surface area contributed by atoms with Crippen LogP contribution in [-0.4, -0.2) is 34.2 Å². The Kier molecular flexibility index (Phi) is 4.36. The number of carbonyl (C=O) groups excluding carboxylic acids is 1. The number of nitrogens with one attached hydrogen (secondary N) is 2. The van der Waals surface area contributed by atoms with Gasteiger partial charge in [0, 0.05) is 41.0 Å². The molecular formula is C13H18N2O2S. The van der Waals surface area contributed by atoms with Crippen LogP contribution in [0.25, 0.3) is 0 Å². The van der Waals surface area contributed by atoms with E-state index in [1.54, 1.807) is 0 Å². The molecule has 0 saturated heterocycles. The van der Waals surface area contributed by atoms with Gasteiger partial charge in [0.25, 0.3) is 0 Å². The van der Waals surface area contributed by atoms with Crippen molar-refractivity contribution in [1.82, 2.24) is 5.32 Å².